The highest BCUT2D eigenvalue weighted by atomic mass is 16.5. The van der Waals surface area contributed by atoms with Gasteiger partial charge in [-0.25, -0.2) is 5.01 Å². The van der Waals surface area contributed by atoms with E-state index in [4.69, 9.17) is 4.74 Å². The molecule has 0 aromatic heterocycles. The van der Waals surface area contributed by atoms with Crippen LogP contribution >= 0.6 is 0 Å². The standard InChI is InChI=1S/C13H23N3O2/c17-13-12(14-5-2-1-3-6-14)4-7-16(13)15-8-10-18-11-9-15/h12H,1-11H2. The van der Waals surface area contributed by atoms with Gasteiger partial charge in [0.15, 0.2) is 0 Å². The fourth-order valence-corrected chi connectivity index (χ4v) is 3.29. The number of amides is 1. The summed E-state index contributed by atoms with van der Waals surface area (Å²) in [5, 5.41) is 4.15. The quantitative estimate of drug-likeness (QED) is 0.710. The third-order valence-corrected chi connectivity index (χ3v) is 4.31. The van der Waals surface area contributed by atoms with Crippen molar-refractivity contribution in [3.63, 3.8) is 0 Å². The number of hydrogen-bond acceptors (Lipinski definition) is 4. The highest BCUT2D eigenvalue weighted by molar-refractivity contribution is 5.83. The lowest BCUT2D eigenvalue weighted by Crippen LogP contribution is -2.52. The molecule has 18 heavy (non-hydrogen) atoms. The summed E-state index contributed by atoms with van der Waals surface area (Å²) in [5.41, 5.74) is 0. The second-order valence-corrected chi connectivity index (χ2v) is 5.43. The van der Waals surface area contributed by atoms with Gasteiger partial charge in [0.25, 0.3) is 5.91 Å². The minimum Gasteiger partial charge on any atom is -0.379 e. The number of ether oxygens (including phenoxy) is 1. The lowest BCUT2D eigenvalue weighted by atomic mass is 10.1. The monoisotopic (exact) mass is 253 g/mol. The van der Waals surface area contributed by atoms with E-state index in [1.807, 2.05) is 5.01 Å². The van der Waals surface area contributed by atoms with Gasteiger partial charge in [-0.2, -0.15) is 0 Å². The number of carbonyl (C=O) groups excluding carboxylic acids is 1. The Labute approximate surface area is 109 Å². The molecule has 1 amide bonds. The topological polar surface area (TPSA) is 36.0 Å². The van der Waals surface area contributed by atoms with Gasteiger partial charge in [-0.3, -0.25) is 14.7 Å². The minimum absolute atomic E-state index is 0.146. The van der Waals surface area contributed by atoms with E-state index in [-0.39, 0.29) is 6.04 Å². The molecule has 0 aromatic carbocycles. The smallest absolute Gasteiger partial charge is 0.254 e. The predicted molar refractivity (Wildman–Crippen MR) is 67.9 cm³/mol. The zero-order valence-electron chi connectivity index (χ0n) is 11.0. The molecular formula is C13H23N3O2. The van der Waals surface area contributed by atoms with Crippen molar-refractivity contribution in [2.75, 3.05) is 45.9 Å². The van der Waals surface area contributed by atoms with Gasteiger partial charge in [0, 0.05) is 19.6 Å². The Morgan fingerprint density at radius 3 is 2.39 bits per heavy atom. The van der Waals surface area contributed by atoms with Gasteiger partial charge in [-0.05, 0) is 32.4 Å². The van der Waals surface area contributed by atoms with Crippen molar-refractivity contribution in [3.8, 4) is 0 Å². The number of carbonyl (C=O) groups is 1. The lowest BCUT2D eigenvalue weighted by Gasteiger charge is -2.36. The molecule has 3 aliphatic rings. The van der Waals surface area contributed by atoms with E-state index in [1.165, 1.54) is 19.3 Å². The first-order valence-electron chi connectivity index (χ1n) is 7.24. The van der Waals surface area contributed by atoms with Crippen molar-refractivity contribution >= 4 is 5.91 Å². The average molecular weight is 253 g/mol. The second kappa shape index (κ2) is 5.55. The molecule has 102 valence electrons. The maximum Gasteiger partial charge on any atom is 0.254 e. The fraction of sp³-hybridized carbons (Fsp3) is 0.923. The number of rotatable bonds is 2. The first-order valence-corrected chi connectivity index (χ1v) is 7.24. The Morgan fingerprint density at radius 2 is 1.67 bits per heavy atom. The van der Waals surface area contributed by atoms with Crippen LogP contribution in [0.1, 0.15) is 25.7 Å². The Hall–Kier alpha value is -0.650. The van der Waals surface area contributed by atoms with E-state index in [1.54, 1.807) is 0 Å². The fourth-order valence-electron chi connectivity index (χ4n) is 3.29. The van der Waals surface area contributed by atoms with Crippen LogP contribution in [-0.4, -0.2) is 72.8 Å². The summed E-state index contributed by atoms with van der Waals surface area (Å²) >= 11 is 0. The second-order valence-electron chi connectivity index (χ2n) is 5.43. The van der Waals surface area contributed by atoms with E-state index in [9.17, 15) is 4.79 Å². The van der Waals surface area contributed by atoms with E-state index < -0.39 is 0 Å². The normalized spacial score (nSPS) is 32.1. The molecule has 3 aliphatic heterocycles. The van der Waals surface area contributed by atoms with E-state index in [0.29, 0.717) is 5.91 Å². The molecule has 1 atom stereocenters. The van der Waals surface area contributed by atoms with Crippen LogP contribution in [0.2, 0.25) is 0 Å². The van der Waals surface area contributed by atoms with E-state index in [2.05, 4.69) is 9.91 Å². The maximum absolute atomic E-state index is 12.5. The maximum atomic E-state index is 12.5. The zero-order chi connectivity index (χ0) is 12.4. The predicted octanol–water partition coefficient (Wildman–Crippen LogP) is 0.320. The molecule has 0 spiro atoms. The van der Waals surface area contributed by atoms with Crippen LogP contribution in [0, 0.1) is 0 Å². The molecule has 3 rings (SSSR count). The first-order chi connectivity index (χ1) is 8.86. The van der Waals surface area contributed by atoms with Gasteiger partial charge in [0.05, 0.1) is 19.3 Å². The van der Waals surface area contributed by atoms with Crippen LogP contribution in [0.25, 0.3) is 0 Å². The Bertz CT molecular complexity index is 271. The molecule has 0 aromatic rings. The lowest BCUT2D eigenvalue weighted by molar-refractivity contribution is -0.154. The van der Waals surface area contributed by atoms with Gasteiger partial charge in [-0.15, -0.1) is 0 Å². The highest BCUT2D eigenvalue weighted by Gasteiger charge is 2.39. The molecular weight excluding hydrogens is 230 g/mol. The molecule has 0 aliphatic carbocycles. The summed E-state index contributed by atoms with van der Waals surface area (Å²) in [6.45, 7) is 6.31. The average Bonchev–Trinajstić information content (AvgIpc) is 2.83. The molecule has 5 heteroatoms. The summed E-state index contributed by atoms with van der Waals surface area (Å²) in [6.07, 6.45) is 4.82. The Kier molecular flexibility index (Phi) is 3.82. The summed E-state index contributed by atoms with van der Waals surface area (Å²) in [5.74, 6) is 0.318. The third kappa shape index (κ3) is 2.39. The minimum atomic E-state index is 0.146. The van der Waals surface area contributed by atoms with Crippen molar-refractivity contribution in [2.45, 2.75) is 31.7 Å². The molecule has 5 nitrogen and oxygen atoms in total. The summed E-state index contributed by atoms with van der Waals surface area (Å²) in [7, 11) is 0. The number of nitrogens with zero attached hydrogens (tertiary/aromatic N) is 3. The van der Waals surface area contributed by atoms with Crippen molar-refractivity contribution in [1.29, 1.82) is 0 Å². The molecule has 0 bridgehead atoms. The molecule has 1 unspecified atom stereocenters. The van der Waals surface area contributed by atoms with Gasteiger partial charge < -0.3 is 4.74 Å². The van der Waals surface area contributed by atoms with Crippen LogP contribution in [0.5, 0.6) is 0 Å². The van der Waals surface area contributed by atoms with Crippen molar-refractivity contribution < 1.29 is 9.53 Å². The summed E-state index contributed by atoms with van der Waals surface area (Å²) < 4.78 is 5.35. The molecule has 3 saturated heterocycles. The number of likely N-dealkylation sites (tertiary alicyclic amines) is 1. The summed E-state index contributed by atoms with van der Waals surface area (Å²) in [6, 6.07) is 0.146. The van der Waals surface area contributed by atoms with Gasteiger partial charge >= 0.3 is 0 Å². The van der Waals surface area contributed by atoms with Crippen LogP contribution in [-0.2, 0) is 9.53 Å². The van der Waals surface area contributed by atoms with Crippen LogP contribution in [0.4, 0.5) is 0 Å². The molecule has 3 heterocycles. The summed E-state index contributed by atoms with van der Waals surface area (Å²) in [4.78, 5) is 14.9. The molecule has 0 N–H and O–H groups in total. The highest BCUT2D eigenvalue weighted by Crippen LogP contribution is 2.23. The van der Waals surface area contributed by atoms with Crippen molar-refractivity contribution in [1.82, 2.24) is 14.9 Å². The van der Waals surface area contributed by atoms with Crippen LogP contribution in [0.15, 0.2) is 0 Å². The molecule has 3 fully saturated rings. The van der Waals surface area contributed by atoms with Crippen LogP contribution in [0.3, 0.4) is 0 Å². The van der Waals surface area contributed by atoms with Gasteiger partial charge in [-0.1, -0.05) is 6.42 Å². The molecule has 0 saturated carbocycles. The SMILES string of the molecule is O=C1C(N2CCCCC2)CCN1N1CCOCC1. The van der Waals surface area contributed by atoms with Gasteiger partial charge in [0.1, 0.15) is 0 Å². The number of piperidine rings is 1. The van der Waals surface area contributed by atoms with E-state index in [0.717, 1.165) is 52.4 Å². The Balaban J connectivity index is 1.60. The van der Waals surface area contributed by atoms with Crippen molar-refractivity contribution in [2.24, 2.45) is 0 Å². The number of hydrogen-bond donors (Lipinski definition) is 0. The Morgan fingerprint density at radius 1 is 0.944 bits per heavy atom. The zero-order valence-corrected chi connectivity index (χ0v) is 11.0. The van der Waals surface area contributed by atoms with Crippen molar-refractivity contribution in [3.05, 3.63) is 0 Å². The number of morpholine rings is 1. The third-order valence-electron chi connectivity index (χ3n) is 4.31. The van der Waals surface area contributed by atoms with Crippen LogP contribution < -0.4 is 0 Å². The largest absolute Gasteiger partial charge is 0.379 e. The molecule has 0 radical (unpaired) electrons. The first kappa shape index (κ1) is 12.4. The van der Waals surface area contributed by atoms with Gasteiger partial charge in [0.2, 0.25) is 0 Å². The number of hydrazine groups is 1. The van der Waals surface area contributed by atoms with E-state index >= 15 is 0 Å².